The Labute approximate surface area is 253 Å². The second-order valence-electron chi connectivity index (χ2n) is 10.2. The molecular weight excluding hydrogens is 562 g/mol. The zero-order valence-electron chi connectivity index (χ0n) is 24.8. The fourth-order valence-corrected chi connectivity index (χ4v) is 5.05. The van der Waals surface area contributed by atoms with E-state index in [0.717, 1.165) is 38.0 Å². The van der Waals surface area contributed by atoms with Crippen molar-refractivity contribution in [1.82, 2.24) is 16.0 Å². The first-order chi connectivity index (χ1) is 20.4. The Morgan fingerprint density at radius 2 is 1.93 bits per heavy atom. The minimum atomic E-state index is -0.575. The molecule has 2 amide bonds. The number of hydrogen-bond donors (Lipinski definition) is 3. The molecule has 0 bridgehead atoms. The summed E-state index contributed by atoms with van der Waals surface area (Å²) in [6.07, 6.45) is 2.71. The summed E-state index contributed by atoms with van der Waals surface area (Å²) in [7, 11) is 4.86. The number of benzene rings is 2. The van der Waals surface area contributed by atoms with Crippen molar-refractivity contribution in [3.63, 3.8) is 0 Å². The fraction of sp³-hybridized carbons (Fsp3) is 0.548. The van der Waals surface area contributed by atoms with Crippen molar-refractivity contribution in [2.45, 2.75) is 37.8 Å². The van der Waals surface area contributed by atoms with Gasteiger partial charge in [-0.2, -0.15) is 0 Å². The highest BCUT2D eigenvalue weighted by atomic mass is 35.5. The van der Waals surface area contributed by atoms with Crippen molar-refractivity contribution in [2.24, 2.45) is 5.92 Å². The van der Waals surface area contributed by atoms with Gasteiger partial charge in [-0.15, -0.1) is 0 Å². The smallest absolute Gasteiger partial charge is 0.406 e. The average Bonchev–Trinajstić information content (AvgIpc) is 3.01. The van der Waals surface area contributed by atoms with Crippen LogP contribution in [0.3, 0.4) is 0 Å². The van der Waals surface area contributed by atoms with Crippen LogP contribution in [0.5, 0.6) is 5.75 Å². The van der Waals surface area contributed by atoms with Crippen LogP contribution in [0, 0.1) is 5.92 Å². The molecule has 1 aliphatic rings. The van der Waals surface area contributed by atoms with E-state index in [2.05, 4.69) is 20.7 Å². The summed E-state index contributed by atoms with van der Waals surface area (Å²) in [5.41, 5.74) is 1.97. The standard InChI is InChI=1S/C31H44ClN3O7/c1-33-27(15-22-7-5-12-40-21-22)20-35-30(36)25-16-24(18-28(19-25)41-13-6-11-38-2)29(23-8-4-9-26(32)17-23)42-14-10-34-31(37)39-3/h4,8-9,16-19,22,27,29,33H,5-7,10-15,20-21H2,1-3H3,(H,34,37)(H,35,36)/t22-,27?,29+/m1/s1. The number of nitrogens with one attached hydrogen (secondary N) is 3. The van der Waals surface area contributed by atoms with Gasteiger partial charge in [-0.25, -0.2) is 4.79 Å². The Morgan fingerprint density at radius 1 is 1.07 bits per heavy atom. The molecule has 1 heterocycles. The molecule has 11 heteroatoms. The summed E-state index contributed by atoms with van der Waals surface area (Å²) in [6, 6.07) is 12.9. The number of carbonyl (C=O) groups is 2. The van der Waals surface area contributed by atoms with Gasteiger partial charge in [-0.05, 0) is 73.7 Å². The monoisotopic (exact) mass is 605 g/mol. The van der Waals surface area contributed by atoms with E-state index in [-0.39, 0.29) is 25.1 Å². The van der Waals surface area contributed by atoms with Gasteiger partial charge in [0.25, 0.3) is 5.91 Å². The minimum Gasteiger partial charge on any atom is -0.493 e. The predicted molar refractivity (Wildman–Crippen MR) is 161 cm³/mol. The molecule has 0 aromatic heterocycles. The largest absolute Gasteiger partial charge is 0.493 e. The van der Waals surface area contributed by atoms with Crippen molar-refractivity contribution in [3.05, 3.63) is 64.2 Å². The van der Waals surface area contributed by atoms with E-state index in [1.807, 2.05) is 31.3 Å². The summed E-state index contributed by atoms with van der Waals surface area (Å²) in [6.45, 7) is 3.49. The van der Waals surface area contributed by atoms with E-state index in [1.54, 1.807) is 25.3 Å². The fourth-order valence-electron chi connectivity index (χ4n) is 4.85. The van der Waals surface area contributed by atoms with Gasteiger partial charge in [0.1, 0.15) is 11.9 Å². The lowest BCUT2D eigenvalue weighted by Crippen LogP contribution is -2.41. The number of likely N-dealkylation sites (N-methyl/N-ethyl adjacent to an activating group) is 1. The second-order valence-corrected chi connectivity index (χ2v) is 10.7. The maximum atomic E-state index is 13.5. The molecule has 3 atom stereocenters. The highest BCUT2D eigenvalue weighted by molar-refractivity contribution is 6.30. The van der Waals surface area contributed by atoms with Crippen molar-refractivity contribution >= 4 is 23.6 Å². The van der Waals surface area contributed by atoms with Crippen LogP contribution in [0.1, 0.15) is 53.3 Å². The van der Waals surface area contributed by atoms with Crippen LogP contribution in [0.2, 0.25) is 5.02 Å². The Balaban J connectivity index is 1.82. The van der Waals surface area contributed by atoms with Gasteiger partial charge in [-0.3, -0.25) is 4.79 Å². The van der Waals surface area contributed by atoms with E-state index in [0.29, 0.717) is 54.0 Å². The van der Waals surface area contributed by atoms with Gasteiger partial charge in [0, 0.05) is 63.1 Å². The van der Waals surface area contributed by atoms with Crippen LogP contribution >= 0.6 is 11.6 Å². The number of methoxy groups -OCH3 is 2. The number of amides is 2. The third kappa shape index (κ3) is 11.4. The lowest BCUT2D eigenvalue weighted by atomic mass is 9.94. The molecule has 1 unspecified atom stereocenters. The predicted octanol–water partition coefficient (Wildman–Crippen LogP) is 4.35. The van der Waals surface area contributed by atoms with Crippen LogP contribution in [-0.4, -0.2) is 85.4 Å². The quantitative estimate of drug-likeness (QED) is 0.228. The maximum Gasteiger partial charge on any atom is 0.406 e. The molecule has 1 aliphatic heterocycles. The topological polar surface area (TPSA) is 116 Å². The van der Waals surface area contributed by atoms with E-state index < -0.39 is 12.2 Å². The Hall–Kier alpha value is -2.89. The number of rotatable bonds is 17. The molecule has 3 N–H and O–H groups in total. The number of carbonyl (C=O) groups excluding carboxylic acids is 2. The lowest BCUT2D eigenvalue weighted by Gasteiger charge is -2.26. The van der Waals surface area contributed by atoms with E-state index in [1.165, 1.54) is 7.11 Å². The highest BCUT2D eigenvalue weighted by Crippen LogP contribution is 2.31. The van der Waals surface area contributed by atoms with Crippen molar-refractivity contribution < 1.29 is 33.3 Å². The van der Waals surface area contributed by atoms with Gasteiger partial charge in [-0.1, -0.05) is 23.7 Å². The number of ether oxygens (including phenoxy) is 5. The molecule has 2 aromatic carbocycles. The van der Waals surface area contributed by atoms with E-state index in [9.17, 15) is 9.59 Å². The first-order valence-corrected chi connectivity index (χ1v) is 14.8. The molecule has 1 fully saturated rings. The maximum absolute atomic E-state index is 13.5. The molecule has 2 aromatic rings. The second kappa shape index (κ2) is 18.6. The molecule has 42 heavy (non-hydrogen) atoms. The number of halogens is 1. The molecule has 1 saturated heterocycles. The first-order valence-electron chi connectivity index (χ1n) is 14.4. The summed E-state index contributed by atoms with van der Waals surface area (Å²) in [5.74, 6) is 0.810. The molecule has 3 rings (SSSR count). The average molecular weight is 606 g/mol. The van der Waals surface area contributed by atoms with Crippen molar-refractivity contribution in [3.8, 4) is 5.75 Å². The van der Waals surface area contributed by atoms with E-state index >= 15 is 0 Å². The van der Waals surface area contributed by atoms with Crippen LogP contribution in [0.15, 0.2) is 42.5 Å². The normalized spacial score (nSPS) is 16.3. The molecular formula is C31H44ClN3O7. The van der Waals surface area contributed by atoms with Gasteiger partial charge in [0.05, 0.1) is 20.3 Å². The number of alkyl carbamates (subject to hydrolysis) is 1. The van der Waals surface area contributed by atoms with Crippen LogP contribution in [0.25, 0.3) is 0 Å². The van der Waals surface area contributed by atoms with Gasteiger partial charge < -0.3 is 39.6 Å². The SMILES string of the molecule is CNC(CNC(=O)c1cc(OCCCOC)cc([C@@H](OCCNC(=O)OC)c2cccc(Cl)c2)c1)C[C@H]1CCCOC1. The third-order valence-corrected chi connectivity index (χ3v) is 7.27. The molecule has 0 aliphatic carbocycles. The molecule has 0 spiro atoms. The summed E-state index contributed by atoms with van der Waals surface area (Å²) >= 11 is 6.32. The Morgan fingerprint density at radius 3 is 2.64 bits per heavy atom. The van der Waals surface area contributed by atoms with Crippen molar-refractivity contribution in [1.29, 1.82) is 0 Å². The molecule has 0 radical (unpaired) electrons. The first kappa shape index (κ1) is 33.6. The lowest BCUT2D eigenvalue weighted by molar-refractivity contribution is 0.0478. The zero-order valence-corrected chi connectivity index (χ0v) is 25.5. The van der Waals surface area contributed by atoms with Crippen LogP contribution in [0.4, 0.5) is 4.79 Å². The third-order valence-electron chi connectivity index (χ3n) is 7.04. The molecule has 0 saturated carbocycles. The van der Waals surface area contributed by atoms with Crippen LogP contribution in [-0.2, 0) is 18.9 Å². The van der Waals surface area contributed by atoms with Crippen molar-refractivity contribution in [2.75, 3.05) is 67.4 Å². The van der Waals surface area contributed by atoms with Gasteiger partial charge in [0.15, 0.2) is 0 Å². The highest BCUT2D eigenvalue weighted by Gasteiger charge is 2.22. The minimum absolute atomic E-state index is 0.124. The van der Waals surface area contributed by atoms with Crippen LogP contribution < -0.4 is 20.7 Å². The summed E-state index contributed by atoms with van der Waals surface area (Å²) in [4.78, 5) is 25.0. The number of hydrogen-bond acceptors (Lipinski definition) is 8. The van der Waals surface area contributed by atoms with Gasteiger partial charge in [0.2, 0.25) is 0 Å². The van der Waals surface area contributed by atoms with E-state index in [4.69, 9.17) is 30.5 Å². The summed E-state index contributed by atoms with van der Waals surface area (Å²) in [5, 5.41) is 9.59. The molecule has 10 nitrogen and oxygen atoms in total. The Bertz CT molecular complexity index is 1110. The Kier molecular flexibility index (Phi) is 14.9. The summed E-state index contributed by atoms with van der Waals surface area (Å²) < 4.78 is 27.7. The van der Waals surface area contributed by atoms with Gasteiger partial charge >= 0.3 is 6.09 Å². The molecule has 232 valence electrons. The zero-order chi connectivity index (χ0) is 30.2.